The van der Waals surface area contributed by atoms with Crippen LogP contribution in [0, 0.1) is 0 Å². The summed E-state index contributed by atoms with van der Waals surface area (Å²) in [6, 6.07) is 0.274. The Labute approximate surface area is 199 Å². The van der Waals surface area contributed by atoms with E-state index < -0.39 is 22.7 Å². The maximum Gasteiger partial charge on any atom is 0.253 e. The largest absolute Gasteiger partial charge is 0.414 e. The first-order valence-corrected chi connectivity index (χ1v) is 18.3. The maximum atomic E-state index is 13.0. The fourth-order valence-electron chi connectivity index (χ4n) is 3.60. The number of carbonyl (C=O) groups is 1. The molecule has 7 heteroatoms. The van der Waals surface area contributed by atoms with E-state index >= 15 is 0 Å². The van der Waals surface area contributed by atoms with Gasteiger partial charge in [-0.05, 0) is 55.2 Å². The third kappa shape index (κ3) is 7.26. The molecule has 0 aromatic rings. The molecule has 1 N–H and O–H groups in total. The number of carbonyl (C=O) groups excluding carboxylic acids is 1. The van der Waals surface area contributed by atoms with Crippen LogP contribution in [0.4, 0.5) is 0 Å². The molecule has 1 aliphatic carbocycles. The van der Waals surface area contributed by atoms with E-state index in [2.05, 4.69) is 79.1 Å². The molecule has 5 nitrogen and oxygen atoms in total. The number of hydrogen-bond acceptors (Lipinski definition) is 4. The molecule has 1 fully saturated rings. The fraction of sp³-hybridized carbons (Fsp3) is 0.880. The van der Waals surface area contributed by atoms with Crippen LogP contribution >= 0.6 is 0 Å². The number of hydrogen-bond donors (Lipinski definition) is 1. The molecule has 2 aliphatic rings. The minimum Gasteiger partial charge on any atom is -0.414 e. The molecule has 2 rings (SSSR count). The van der Waals surface area contributed by atoms with E-state index in [9.17, 15) is 4.79 Å². The lowest BCUT2D eigenvalue weighted by Crippen LogP contribution is -2.53. The zero-order valence-electron chi connectivity index (χ0n) is 22.3. The molecule has 1 amide bonds. The average molecular weight is 484 g/mol. The van der Waals surface area contributed by atoms with Gasteiger partial charge < -0.3 is 18.9 Å². The van der Waals surface area contributed by atoms with Gasteiger partial charge in [-0.25, -0.2) is 0 Å². The van der Waals surface area contributed by atoms with Gasteiger partial charge in [0.15, 0.2) is 22.7 Å². The van der Waals surface area contributed by atoms with Gasteiger partial charge in [0.2, 0.25) is 0 Å². The molecule has 1 aliphatic heterocycles. The summed E-state index contributed by atoms with van der Waals surface area (Å²) in [5.41, 5.74) is 0. The molecule has 0 spiro atoms. The Kier molecular flexibility index (Phi) is 9.04. The Balaban J connectivity index is 2.15. The summed E-state index contributed by atoms with van der Waals surface area (Å²) in [5.74, 6) is -0.0312. The van der Waals surface area contributed by atoms with E-state index in [1.165, 1.54) is 19.3 Å². The SMILES string of the molecule is CC(C)(C)[Si](C)(C)OC[C@H]1OC(C(=O)NC2CCCCC2)C=C[C@@H]1O[Si](C)(C)C(C)(C)C. The second-order valence-corrected chi connectivity index (χ2v) is 22.3. The van der Waals surface area contributed by atoms with Gasteiger partial charge in [0.1, 0.15) is 6.10 Å². The molecule has 0 aromatic heterocycles. The lowest BCUT2D eigenvalue weighted by Gasteiger charge is -2.43. The van der Waals surface area contributed by atoms with Crippen LogP contribution < -0.4 is 5.32 Å². The minimum absolute atomic E-state index is 0.0312. The summed E-state index contributed by atoms with van der Waals surface area (Å²) in [5, 5.41) is 3.43. The molecule has 0 bridgehead atoms. The van der Waals surface area contributed by atoms with Crippen LogP contribution in [0.1, 0.15) is 73.6 Å². The predicted octanol–water partition coefficient (Wildman–Crippen LogP) is 6.17. The molecule has 0 radical (unpaired) electrons. The minimum atomic E-state index is -2.01. The van der Waals surface area contributed by atoms with Gasteiger partial charge in [0.25, 0.3) is 5.91 Å². The molecule has 186 valence electrons. The fourth-order valence-corrected chi connectivity index (χ4v) is 5.88. The highest BCUT2D eigenvalue weighted by Gasteiger charge is 2.44. The van der Waals surface area contributed by atoms with Gasteiger partial charge in [-0.2, -0.15) is 0 Å². The lowest BCUT2D eigenvalue weighted by molar-refractivity contribution is -0.140. The third-order valence-corrected chi connectivity index (χ3v) is 17.0. The van der Waals surface area contributed by atoms with Crippen LogP contribution in [0.5, 0.6) is 0 Å². The van der Waals surface area contributed by atoms with Gasteiger partial charge in [-0.3, -0.25) is 4.79 Å². The quantitative estimate of drug-likeness (QED) is 0.347. The van der Waals surface area contributed by atoms with Crippen molar-refractivity contribution in [1.29, 1.82) is 0 Å². The van der Waals surface area contributed by atoms with E-state index in [4.69, 9.17) is 13.6 Å². The lowest BCUT2D eigenvalue weighted by atomic mass is 9.95. The van der Waals surface area contributed by atoms with Crippen LogP contribution in [-0.2, 0) is 18.4 Å². The van der Waals surface area contributed by atoms with Gasteiger partial charge in [0.05, 0.1) is 12.7 Å². The van der Waals surface area contributed by atoms with Gasteiger partial charge in [-0.15, -0.1) is 0 Å². The van der Waals surface area contributed by atoms with Crippen molar-refractivity contribution in [2.75, 3.05) is 6.61 Å². The molecule has 32 heavy (non-hydrogen) atoms. The molecule has 0 saturated heterocycles. The van der Waals surface area contributed by atoms with Crippen LogP contribution in [0.3, 0.4) is 0 Å². The van der Waals surface area contributed by atoms with Crippen molar-refractivity contribution >= 4 is 22.5 Å². The molecule has 1 saturated carbocycles. The number of rotatable bonds is 7. The van der Waals surface area contributed by atoms with Gasteiger partial charge in [0, 0.05) is 6.04 Å². The van der Waals surface area contributed by atoms with Crippen molar-refractivity contribution in [3.63, 3.8) is 0 Å². The van der Waals surface area contributed by atoms with Gasteiger partial charge in [-0.1, -0.05) is 66.9 Å². The van der Waals surface area contributed by atoms with Crippen LogP contribution in [0.25, 0.3) is 0 Å². The monoisotopic (exact) mass is 483 g/mol. The van der Waals surface area contributed by atoms with Crippen molar-refractivity contribution in [2.45, 2.75) is 134 Å². The summed E-state index contributed by atoms with van der Waals surface area (Å²) >= 11 is 0. The number of nitrogens with one attached hydrogen (secondary N) is 1. The second-order valence-electron chi connectivity index (χ2n) is 12.7. The van der Waals surface area contributed by atoms with E-state index in [1.807, 2.05) is 6.08 Å². The first kappa shape index (κ1) is 27.8. The first-order valence-electron chi connectivity index (χ1n) is 12.5. The predicted molar refractivity (Wildman–Crippen MR) is 138 cm³/mol. The summed E-state index contributed by atoms with van der Waals surface area (Å²) in [4.78, 5) is 13.0. The van der Waals surface area contributed by atoms with Crippen molar-refractivity contribution < 1.29 is 18.4 Å². The molecular weight excluding hydrogens is 434 g/mol. The van der Waals surface area contributed by atoms with Crippen LogP contribution in [0.2, 0.25) is 36.3 Å². The van der Waals surface area contributed by atoms with E-state index in [-0.39, 0.29) is 34.2 Å². The molecule has 1 unspecified atom stereocenters. The highest BCUT2D eigenvalue weighted by molar-refractivity contribution is 6.74. The van der Waals surface area contributed by atoms with E-state index in [1.54, 1.807) is 0 Å². The Morgan fingerprint density at radius 3 is 2.03 bits per heavy atom. The first-order chi connectivity index (χ1) is 14.5. The highest BCUT2D eigenvalue weighted by atomic mass is 28.4. The third-order valence-electron chi connectivity index (χ3n) is 8.02. The van der Waals surface area contributed by atoms with Crippen LogP contribution in [-0.4, -0.2) is 53.5 Å². The second kappa shape index (κ2) is 10.4. The van der Waals surface area contributed by atoms with Crippen molar-refractivity contribution in [2.24, 2.45) is 0 Å². The zero-order valence-corrected chi connectivity index (χ0v) is 24.3. The Morgan fingerprint density at radius 2 is 1.50 bits per heavy atom. The van der Waals surface area contributed by atoms with E-state index in [0.717, 1.165) is 12.8 Å². The molecule has 3 atom stereocenters. The van der Waals surface area contributed by atoms with E-state index in [0.29, 0.717) is 6.61 Å². The average Bonchev–Trinajstić information content (AvgIpc) is 2.66. The Morgan fingerprint density at radius 1 is 0.938 bits per heavy atom. The maximum absolute atomic E-state index is 13.0. The van der Waals surface area contributed by atoms with Crippen molar-refractivity contribution in [1.82, 2.24) is 5.32 Å². The summed E-state index contributed by atoms with van der Waals surface area (Å²) in [7, 11) is -3.95. The number of amides is 1. The molecule has 1 heterocycles. The zero-order chi connectivity index (χ0) is 24.4. The van der Waals surface area contributed by atoms with Crippen molar-refractivity contribution in [3.8, 4) is 0 Å². The Hall–Kier alpha value is -0.476. The molecule has 0 aromatic carbocycles. The van der Waals surface area contributed by atoms with Crippen molar-refractivity contribution in [3.05, 3.63) is 12.2 Å². The highest BCUT2D eigenvalue weighted by Crippen LogP contribution is 2.40. The molecular formula is C25H49NO4Si2. The standard InChI is InChI=1S/C25H49NO4Si2/c1-24(2,3)31(7,8)28-18-22-20(30-32(9,10)25(4,5)6)16-17-21(29-22)23(27)26-19-14-12-11-13-15-19/h16-17,19-22H,11-15,18H2,1-10H3,(H,26,27)/t20-,21?,22+/m0/s1. The normalized spacial score (nSPS) is 26.2. The summed E-state index contributed by atoms with van der Waals surface area (Å²) in [6.07, 6.45) is 8.66. The van der Waals surface area contributed by atoms with Crippen LogP contribution in [0.15, 0.2) is 12.2 Å². The van der Waals surface area contributed by atoms with Gasteiger partial charge >= 0.3 is 0 Å². The number of ether oxygens (including phenoxy) is 1. The summed E-state index contributed by atoms with van der Waals surface area (Å²) < 4.78 is 19.6. The smallest absolute Gasteiger partial charge is 0.253 e. The Bertz CT molecular complexity index is 658. The summed E-state index contributed by atoms with van der Waals surface area (Å²) in [6.45, 7) is 22.9. The topological polar surface area (TPSA) is 56.8 Å².